The summed E-state index contributed by atoms with van der Waals surface area (Å²) in [6.45, 7) is 5.28. The predicted octanol–water partition coefficient (Wildman–Crippen LogP) is 5.84. The molecule has 0 amide bonds. The summed E-state index contributed by atoms with van der Waals surface area (Å²) in [7, 11) is 0. The monoisotopic (exact) mass is 512 g/mol. The van der Waals surface area contributed by atoms with Gasteiger partial charge in [-0.1, -0.05) is 104 Å². The van der Waals surface area contributed by atoms with Crippen molar-refractivity contribution in [2.45, 2.75) is 39.8 Å². The van der Waals surface area contributed by atoms with E-state index in [-0.39, 0.29) is 5.69 Å². The molecule has 0 saturated heterocycles. The number of hydrogen-bond acceptors (Lipinski definition) is 4. The van der Waals surface area contributed by atoms with Crippen molar-refractivity contribution >= 4 is 11.6 Å². The van der Waals surface area contributed by atoms with E-state index in [9.17, 15) is 4.79 Å². The molecule has 0 bridgehead atoms. The zero-order valence-electron chi connectivity index (χ0n) is 20.9. The molecule has 0 saturated carbocycles. The quantitative estimate of drug-likeness (QED) is 0.269. The van der Waals surface area contributed by atoms with Crippen LogP contribution in [0.3, 0.4) is 0 Å². The van der Waals surface area contributed by atoms with Crippen LogP contribution in [0, 0.1) is 5.92 Å². The van der Waals surface area contributed by atoms with Crippen molar-refractivity contribution in [3.8, 4) is 22.5 Å². The number of H-pyrrole nitrogens is 1. The molecule has 37 heavy (non-hydrogen) atoms. The highest BCUT2D eigenvalue weighted by atomic mass is 35.5. The van der Waals surface area contributed by atoms with Crippen molar-refractivity contribution in [1.82, 2.24) is 29.8 Å². The maximum Gasteiger partial charge on any atom is 0.330 e. The van der Waals surface area contributed by atoms with Crippen LogP contribution in [0.2, 0.25) is 5.15 Å². The molecule has 8 heteroatoms. The summed E-state index contributed by atoms with van der Waals surface area (Å²) in [6, 6.07) is 26.2. The molecule has 2 aromatic heterocycles. The van der Waals surface area contributed by atoms with Gasteiger partial charge in [0.25, 0.3) is 0 Å². The van der Waals surface area contributed by atoms with Crippen LogP contribution in [0.15, 0.2) is 83.7 Å². The molecule has 3 aromatic carbocycles. The molecule has 5 aromatic rings. The Hall–Kier alpha value is -3.97. The third-order valence-electron chi connectivity index (χ3n) is 6.52. The van der Waals surface area contributed by atoms with Crippen LogP contribution >= 0.6 is 11.6 Å². The average Bonchev–Trinajstić information content (AvgIpc) is 3.53. The summed E-state index contributed by atoms with van der Waals surface area (Å²) < 4.78 is 3.51. The van der Waals surface area contributed by atoms with Gasteiger partial charge >= 0.3 is 5.69 Å². The zero-order chi connectivity index (χ0) is 25.8. The van der Waals surface area contributed by atoms with Crippen molar-refractivity contribution in [3.05, 3.63) is 111 Å². The highest BCUT2D eigenvalue weighted by Crippen LogP contribution is 2.30. The molecule has 7 nitrogen and oxygen atoms in total. The molecule has 0 aliphatic carbocycles. The molecule has 2 heterocycles. The molecule has 5 rings (SSSR count). The normalized spacial score (nSPS) is 11.4. The van der Waals surface area contributed by atoms with Crippen molar-refractivity contribution in [2.75, 3.05) is 0 Å². The van der Waals surface area contributed by atoms with Gasteiger partial charge in [-0.25, -0.2) is 4.79 Å². The Morgan fingerprint density at radius 1 is 0.838 bits per heavy atom. The van der Waals surface area contributed by atoms with E-state index in [1.54, 1.807) is 4.57 Å². The highest BCUT2D eigenvalue weighted by molar-refractivity contribution is 6.30. The standard InChI is InChI=1S/C29H29ClN6O/c1-20(2)12-17-26-27(30)36(19-21-8-4-3-5-9-21)29(37)35(26)18-22-13-15-23(16-14-22)24-10-6-7-11-25(24)28-31-33-34-32-28/h3-11,13-16,20H,12,17-19H2,1-2H3,(H,31,32,33,34). The second-order valence-electron chi connectivity index (χ2n) is 9.59. The zero-order valence-corrected chi connectivity index (χ0v) is 21.7. The third-order valence-corrected chi connectivity index (χ3v) is 6.95. The van der Waals surface area contributed by atoms with E-state index in [1.807, 2.05) is 59.2 Å². The SMILES string of the molecule is CC(C)CCc1c(Cl)n(Cc2ccccc2)c(=O)n1Cc1ccc(-c2ccccc2-c2nn[nH]n2)cc1. The number of nitrogens with one attached hydrogen (secondary N) is 1. The smallest absolute Gasteiger partial charge is 0.290 e. The van der Waals surface area contributed by atoms with Crippen molar-refractivity contribution in [1.29, 1.82) is 0 Å². The molecule has 0 aliphatic rings. The summed E-state index contributed by atoms with van der Waals surface area (Å²) >= 11 is 6.83. The Morgan fingerprint density at radius 2 is 1.49 bits per heavy atom. The number of tetrazole rings is 1. The number of rotatable bonds is 9. The topological polar surface area (TPSA) is 81.4 Å². The Labute approximate surface area is 220 Å². The molecule has 1 N–H and O–H groups in total. The van der Waals surface area contributed by atoms with E-state index < -0.39 is 0 Å². The number of imidazole rings is 1. The Bertz CT molecular complexity index is 1520. The van der Waals surface area contributed by atoms with Gasteiger partial charge in [-0.05, 0) is 46.2 Å². The first-order chi connectivity index (χ1) is 18.0. The average molecular weight is 513 g/mol. The van der Waals surface area contributed by atoms with Crippen LogP contribution in [-0.2, 0) is 19.5 Å². The fourth-order valence-electron chi connectivity index (χ4n) is 4.52. The molecule has 0 spiro atoms. The Kier molecular flexibility index (Phi) is 7.32. The molecule has 188 valence electrons. The van der Waals surface area contributed by atoms with Gasteiger partial charge in [-0.3, -0.25) is 9.13 Å². The van der Waals surface area contributed by atoms with Crippen LogP contribution in [0.4, 0.5) is 0 Å². The first-order valence-corrected chi connectivity index (χ1v) is 12.8. The lowest BCUT2D eigenvalue weighted by atomic mass is 9.98. The number of hydrogen-bond donors (Lipinski definition) is 1. The van der Waals surface area contributed by atoms with E-state index in [4.69, 9.17) is 11.6 Å². The fraction of sp³-hybridized carbons (Fsp3) is 0.241. The van der Waals surface area contributed by atoms with Gasteiger partial charge in [0.2, 0.25) is 5.82 Å². The minimum absolute atomic E-state index is 0.0841. The highest BCUT2D eigenvalue weighted by Gasteiger charge is 2.19. The Balaban J connectivity index is 1.46. The number of benzene rings is 3. The van der Waals surface area contributed by atoms with E-state index in [1.165, 1.54) is 0 Å². The van der Waals surface area contributed by atoms with Crippen LogP contribution in [0.1, 0.15) is 37.1 Å². The minimum atomic E-state index is -0.0841. The second-order valence-corrected chi connectivity index (χ2v) is 9.95. The van der Waals surface area contributed by atoms with Gasteiger partial charge in [0, 0.05) is 5.56 Å². The molecule has 0 radical (unpaired) electrons. The molecular weight excluding hydrogens is 484 g/mol. The summed E-state index contributed by atoms with van der Waals surface area (Å²) in [6.07, 6.45) is 1.71. The fourth-order valence-corrected chi connectivity index (χ4v) is 4.85. The van der Waals surface area contributed by atoms with Crippen molar-refractivity contribution in [2.24, 2.45) is 5.92 Å². The Morgan fingerprint density at radius 3 is 2.16 bits per heavy atom. The van der Waals surface area contributed by atoms with E-state index in [0.29, 0.717) is 30.0 Å². The number of aromatic amines is 1. The van der Waals surface area contributed by atoms with E-state index in [0.717, 1.165) is 46.4 Å². The number of aromatic nitrogens is 6. The van der Waals surface area contributed by atoms with Gasteiger partial charge in [0.15, 0.2) is 0 Å². The van der Waals surface area contributed by atoms with Gasteiger partial charge in [-0.2, -0.15) is 5.21 Å². The summed E-state index contributed by atoms with van der Waals surface area (Å²) in [5, 5.41) is 15.0. The first kappa shape index (κ1) is 24.7. The maximum atomic E-state index is 13.5. The van der Waals surface area contributed by atoms with Gasteiger partial charge in [0.05, 0.1) is 18.8 Å². The number of nitrogens with zero attached hydrogens (tertiary/aromatic N) is 5. The largest absolute Gasteiger partial charge is 0.330 e. The molecule has 0 fully saturated rings. The molecular formula is C29H29ClN6O. The van der Waals surface area contributed by atoms with Gasteiger partial charge < -0.3 is 0 Å². The third kappa shape index (κ3) is 5.42. The van der Waals surface area contributed by atoms with E-state index in [2.05, 4.69) is 58.7 Å². The van der Waals surface area contributed by atoms with Gasteiger partial charge in [-0.15, -0.1) is 10.2 Å². The second kappa shape index (κ2) is 11.0. The van der Waals surface area contributed by atoms with E-state index >= 15 is 0 Å². The molecule has 0 unspecified atom stereocenters. The molecule has 0 atom stereocenters. The van der Waals surface area contributed by atoms with Crippen LogP contribution < -0.4 is 5.69 Å². The molecule has 0 aliphatic heterocycles. The van der Waals surface area contributed by atoms with Crippen LogP contribution in [0.5, 0.6) is 0 Å². The predicted molar refractivity (Wildman–Crippen MR) is 147 cm³/mol. The first-order valence-electron chi connectivity index (χ1n) is 12.4. The van der Waals surface area contributed by atoms with Crippen molar-refractivity contribution < 1.29 is 0 Å². The van der Waals surface area contributed by atoms with Gasteiger partial charge in [0.1, 0.15) is 5.15 Å². The minimum Gasteiger partial charge on any atom is -0.290 e. The lowest BCUT2D eigenvalue weighted by Gasteiger charge is -2.11. The van der Waals surface area contributed by atoms with Crippen LogP contribution in [-0.4, -0.2) is 29.8 Å². The van der Waals surface area contributed by atoms with Crippen molar-refractivity contribution in [3.63, 3.8) is 0 Å². The van der Waals surface area contributed by atoms with Crippen LogP contribution in [0.25, 0.3) is 22.5 Å². The summed E-state index contributed by atoms with van der Waals surface area (Å²) in [5.74, 6) is 1.06. The summed E-state index contributed by atoms with van der Waals surface area (Å²) in [4.78, 5) is 13.5. The summed E-state index contributed by atoms with van der Waals surface area (Å²) in [5.41, 5.74) is 5.84. The maximum absolute atomic E-state index is 13.5. The number of halogens is 1. The lowest BCUT2D eigenvalue weighted by Crippen LogP contribution is -2.26. The lowest BCUT2D eigenvalue weighted by molar-refractivity contribution is 0.565.